The molecule has 2 amide bonds. The van der Waals surface area contributed by atoms with Gasteiger partial charge in [0.1, 0.15) is 6.61 Å². The number of carbonyl (C=O) groups excluding carboxylic acids is 2. The van der Waals surface area contributed by atoms with Crippen LogP contribution in [0, 0.1) is 5.92 Å². The maximum atomic E-state index is 12.5. The van der Waals surface area contributed by atoms with Crippen molar-refractivity contribution < 1.29 is 14.3 Å². The summed E-state index contributed by atoms with van der Waals surface area (Å²) >= 11 is 1.77. The standard InChI is InChI=1S/C23H29N3O3S/c24-21(22(27)26-12-13-30-15-26)17-8-10-19(11-9-17)25-23(28)29-14-18-6-3-5-16-4-1-2-7-20(16)18/h1-7,17,19,21H,8-15,24H2,(H,25,28)/t17?,19?,21-/m0/s1. The Labute approximate surface area is 181 Å². The number of carbonyl (C=O) groups is 2. The van der Waals surface area contributed by atoms with Gasteiger partial charge in [0.05, 0.1) is 11.9 Å². The summed E-state index contributed by atoms with van der Waals surface area (Å²) in [6, 6.07) is 13.7. The largest absolute Gasteiger partial charge is 0.445 e. The topological polar surface area (TPSA) is 84.7 Å². The predicted octanol–water partition coefficient (Wildman–Crippen LogP) is 3.49. The minimum absolute atomic E-state index is 0.0749. The van der Waals surface area contributed by atoms with Gasteiger partial charge in [-0.2, -0.15) is 0 Å². The fourth-order valence-corrected chi connectivity index (χ4v) is 5.35. The van der Waals surface area contributed by atoms with E-state index in [4.69, 9.17) is 10.5 Å². The molecule has 0 spiro atoms. The lowest BCUT2D eigenvalue weighted by Gasteiger charge is -2.33. The van der Waals surface area contributed by atoms with Crippen LogP contribution in [-0.4, -0.2) is 47.2 Å². The van der Waals surface area contributed by atoms with Crippen molar-refractivity contribution in [2.75, 3.05) is 18.2 Å². The second-order valence-electron chi connectivity index (χ2n) is 8.14. The van der Waals surface area contributed by atoms with Crippen LogP contribution < -0.4 is 11.1 Å². The number of alkyl carbamates (subject to hydrolysis) is 1. The van der Waals surface area contributed by atoms with Crippen molar-refractivity contribution in [3.63, 3.8) is 0 Å². The molecule has 1 aliphatic carbocycles. The minimum Gasteiger partial charge on any atom is -0.445 e. The van der Waals surface area contributed by atoms with Crippen LogP contribution in [0.5, 0.6) is 0 Å². The zero-order valence-electron chi connectivity index (χ0n) is 17.1. The van der Waals surface area contributed by atoms with Crippen LogP contribution in [0.15, 0.2) is 42.5 Å². The molecule has 1 saturated heterocycles. The Bertz CT molecular complexity index is 887. The summed E-state index contributed by atoms with van der Waals surface area (Å²) in [5.74, 6) is 2.01. The molecule has 1 atom stereocenters. The number of ether oxygens (including phenoxy) is 1. The monoisotopic (exact) mass is 427 g/mol. The first-order chi connectivity index (χ1) is 14.6. The van der Waals surface area contributed by atoms with E-state index >= 15 is 0 Å². The highest BCUT2D eigenvalue weighted by molar-refractivity contribution is 7.99. The molecule has 160 valence electrons. The average Bonchev–Trinajstić information content (AvgIpc) is 3.32. The van der Waals surface area contributed by atoms with E-state index in [0.717, 1.165) is 60.2 Å². The Hall–Kier alpha value is -2.25. The Balaban J connectivity index is 1.23. The first-order valence-corrected chi connectivity index (χ1v) is 11.8. The van der Waals surface area contributed by atoms with Crippen LogP contribution in [0.2, 0.25) is 0 Å². The summed E-state index contributed by atoms with van der Waals surface area (Å²) in [5.41, 5.74) is 7.26. The van der Waals surface area contributed by atoms with Gasteiger partial charge in [-0.25, -0.2) is 4.79 Å². The first kappa shape index (κ1) is 21.0. The zero-order chi connectivity index (χ0) is 20.9. The Morgan fingerprint density at radius 3 is 2.67 bits per heavy atom. The van der Waals surface area contributed by atoms with E-state index in [1.807, 2.05) is 35.2 Å². The lowest BCUT2D eigenvalue weighted by molar-refractivity contribution is -0.132. The highest BCUT2D eigenvalue weighted by Gasteiger charge is 2.33. The van der Waals surface area contributed by atoms with Crippen LogP contribution in [0.4, 0.5) is 4.79 Å². The zero-order valence-corrected chi connectivity index (χ0v) is 17.9. The number of thioether (sulfide) groups is 1. The number of hydrogen-bond donors (Lipinski definition) is 2. The van der Waals surface area contributed by atoms with Crippen LogP contribution in [0.3, 0.4) is 0 Å². The van der Waals surface area contributed by atoms with Crippen molar-refractivity contribution in [1.82, 2.24) is 10.2 Å². The number of benzene rings is 2. The lowest BCUT2D eigenvalue weighted by atomic mass is 9.81. The third-order valence-corrected chi connectivity index (χ3v) is 7.16. The van der Waals surface area contributed by atoms with Crippen LogP contribution in [-0.2, 0) is 16.1 Å². The number of nitrogens with zero attached hydrogens (tertiary/aromatic N) is 1. The van der Waals surface area contributed by atoms with Crippen LogP contribution >= 0.6 is 11.8 Å². The minimum atomic E-state index is -0.428. The van der Waals surface area contributed by atoms with Crippen molar-refractivity contribution in [2.24, 2.45) is 11.7 Å². The molecular weight excluding hydrogens is 398 g/mol. The maximum Gasteiger partial charge on any atom is 0.407 e. The molecule has 1 aliphatic heterocycles. The molecule has 7 heteroatoms. The van der Waals surface area contributed by atoms with Crippen molar-refractivity contribution in [3.05, 3.63) is 48.0 Å². The average molecular weight is 428 g/mol. The summed E-state index contributed by atoms with van der Waals surface area (Å²) in [6.07, 6.45) is 2.96. The molecule has 0 unspecified atom stereocenters. The number of amides is 2. The van der Waals surface area contributed by atoms with E-state index in [1.165, 1.54) is 0 Å². The normalized spacial score (nSPS) is 22.6. The second kappa shape index (κ2) is 9.71. The van der Waals surface area contributed by atoms with Crippen molar-refractivity contribution in [2.45, 2.75) is 44.4 Å². The Morgan fingerprint density at radius 2 is 1.90 bits per heavy atom. The maximum absolute atomic E-state index is 12.5. The summed E-state index contributed by atoms with van der Waals surface area (Å²) in [6.45, 7) is 1.05. The highest BCUT2D eigenvalue weighted by atomic mass is 32.2. The molecule has 2 aromatic rings. The van der Waals surface area contributed by atoms with E-state index in [0.29, 0.717) is 0 Å². The third-order valence-electron chi connectivity index (χ3n) is 6.19. The number of hydrogen-bond acceptors (Lipinski definition) is 5. The molecule has 1 heterocycles. The third kappa shape index (κ3) is 4.90. The number of nitrogens with one attached hydrogen (secondary N) is 1. The fourth-order valence-electron chi connectivity index (χ4n) is 4.39. The predicted molar refractivity (Wildman–Crippen MR) is 120 cm³/mol. The summed E-state index contributed by atoms with van der Waals surface area (Å²) in [7, 11) is 0. The summed E-state index contributed by atoms with van der Waals surface area (Å²) < 4.78 is 5.48. The SMILES string of the molecule is N[C@H](C(=O)N1CCSC1)C1CCC(NC(=O)OCc2cccc3ccccc23)CC1. The van der Waals surface area contributed by atoms with Crippen molar-refractivity contribution in [3.8, 4) is 0 Å². The summed E-state index contributed by atoms with van der Waals surface area (Å²) in [5, 5.41) is 5.22. The number of fused-ring (bicyclic) bond motifs is 1. The van der Waals surface area contributed by atoms with Gasteiger partial charge in [0.25, 0.3) is 0 Å². The van der Waals surface area contributed by atoms with E-state index in [1.54, 1.807) is 11.8 Å². The van der Waals surface area contributed by atoms with Gasteiger partial charge < -0.3 is 20.7 Å². The molecule has 4 rings (SSSR count). The van der Waals surface area contributed by atoms with Crippen LogP contribution in [0.1, 0.15) is 31.2 Å². The molecule has 6 nitrogen and oxygen atoms in total. The van der Waals surface area contributed by atoms with Gasteiger partial charge in [-0.1, -0.05) is 42.5 Å². The quantitative estimate of drug-likeness (QED) is 0.763. The van der Waals surface area contributed by atoms with Crippen molar-refractivity contribution in [1.29, 1.82) is 0 Å². The van der Waals surface area contributed by atoms with Gasteiger partial charge in [0.15, 0.2) is 0 Å². The Morgan fingerprint density at radius 1 is 1.13 bits per heavy atom. The Kier molecular flexibility index (Phi) is 6.79. The lowest BCUT2D eigenvalue weighted by Crippen LogP contribution is -2.49. The molecule has 0 radical (unpaired) electrons. The molecule has 0 aromatic heterocycles. The number of nitrogens with two attached hydrogens (primary N) is 1. The van der Waals surface area contributed by atoms with E-state index in [9.17, 15) is 9.59 Å². The molecule has 2 aliphatic rings. The van der Waals surface area contributed by atoms with Gasteiger partial charge >= 0.3 is 6.09 Å². The molecule has 2 fully saturated rings. The summed E-state index contributed by atoms with van der Waals surface area (Å²) in [4.78, 5) is 26.7. The van der Waals surface area contributed by atoms with Crippen LogP contribution in [0.25, 0.3) is 10.8 Å². The smallest absolute Gasteiger partial charge is 0.407 e. The van der Waals surface area contributed by atoms with E-state index in [-0.39, 0.29) is 30.6 Å². The van der Waals surface area contributed by atoms with Gasteiger partial charge in [-0.15, -0.1) is 11.8 Å². The van der Waals surface area contributed by atoms with Gasteiger partial charge in [-0.05, 0) is 47.9 Å². The molecule has 30 heavy (non-hydrogen) atoms. The highest BCUT2D eigenvalue weighted by Crippen LogP contribution is 2.28. The molecule has 1 saturated carbocycles. The van der Waals surface area contributed by atoms with Gasteiger partial charge in [0.2, 0.25) is 5.91 Å². The van der Waals surface area contributed by atoms with Crippen molar-refractivity contribution >= 4 is 34.5 Å². The van der Waals surface area contributed by atoms with E-state index in [2.05, 4.69) is 17.4 Å². The molecule has 2 aromatic carbocycles. The fraction of sp³-hybridized carbons (Fsp3) is 0.478. The molecule has 0 bridgehead atoms. The van der Waals surface area contributed by atoms with Gasteiger partial charge in [-0.3, -0.25) is 4.79 Å². The number of rotatable bonds is 5. The molecule has 3 N–H and O–H groups in total. The van der Waals surface area contributed by atoms with E-state index < -0.39 is 6.04 Å². The molecular formula is C23H29N3O3S. The second-order valence-corrected chi connectivity index (χ2v) is 9.21. The van der Waals surface area contributed by atoms with Gasteiger partial charge in [0, 0.05) is 18.3 Å². The first-order valence-electron chi connectivity index (χ1n) is 10.6.